The molecule has 4 rings (SSSR count). The maximum atomic E-state index is 13.0. The van der Waals surface area contributed by atoms with Crippen LogP contribution in [0.15, 0.2) is 54.5 Å². The molecule has 0 radical (unpaired) electrons. The molecule has 1 atom stereocenters. The minimum absolute atomic E-state index is 0.153. The van der Waals surface area contributed by atoms with E-state index < -0.39 is 6.04 Å². The van der Waals surface area contributed by atoms with Crippen LogP contribution in [0.1, 0.15) is 64.0 Å². The summed E-state index contributed by atoms with van der Waals surface area (Å²) in [7, 11) is 1.55. The third-order valence-corrected chi connectivity index (χ3v) is 6.80. The standard InChI is InChI=1S/C29H33N5O3/c1-31-28(36)13-12-23(19-35)34-18-26-20(6-5-8-25(26)29(34)37)10-11-22(30)17-32-16-21-14-15-33-27-9-4-2-3-7-24(21)27/h3-9,14-15,17,19,23,32H,2,10-13,16,18,30H2,1H3,(H,31,36)/b22-17-. The van der Waals surface area contributed by atoms with E-state index in [1.165, 1.54) is 0 Å². The van der Waals surface area contributed by atoms with Crippen molar-refractivity contribution < 1.29 is 14.4 Å². The first-order chi connectivity index (χ1) is 18.0. The van der Waals surface area contributed by atoms with Gasteiger partial charge >= 0.3 is 0 Å². The lowest BCUT2D eigenvalue weighted by Crippen LogP contribution is -2.37. The van der Waals surface area contributed by atoms with Crippen molar-refractivity contribution >= 4 is 30.3 Å². The quantitative estimate of drug-likeness (QED) is 0.409. The molecule has 0 bridgehead atoms. The Hall–Kier alpha value is -4.20. The van der Waals surface area contributed by atoms with E-state index in [1.807, 2.05) is 36.7 Å². The highest BCUT2D eigenvalue weighted by Crippen LogP contribution is 2.29. The molecule has 0 spiro atoms. The van der Waals surface area contributed by atoms with Gasteiger partial charge in [0.15, 0.2) is 0 Å². The number of pyridine rings is 1. The number of hydrogen-bond acceptors (Lipinski definition) is 6. The molecule has 1 aliphatic carbocycles. The van der Waals surface area contributed by atoms with Gasteiger partial charge in [0, 0.05) is 55.8 Å². The molecule has 0 fully saturated rings. The summed E-state index contributed by atoms with van der Waals surface area (Å²) in [6, 6.07) is 7.04. The molecular weight excluding hydrogens is 466 g/mol. The van der Waals surface area contributed by atoms with Gasteiger partial charge in [-0.3, -0.25) is 14.6 Å². The topological polar surface area (TPSA) is 117 Å². The number of allylic oxidation sites excluding steroid dienone is 3. The van der Waals surface area contributed by atoms with Gasteiger partial charge in [-0.15, -0.1) is 0 Å². The number of aldehydes is 1. The van der Waals surface area contributed by atoms with E-state index in [4.69, 9.17) is 5.73 Å². The van der Waals surface area contributed by atoms with Gasteiger partial charge in [0.05, 0.1) is 11.7 Å². The Morgan fingerprint density at radius 2 is 2.03 bits per heavy atom. The molecule has 192 valence electrons. The fraction of sp³-hybridized carbons (Fsp3) is 0.310. The molecule has 8 heteroatoms. The zero-order chi connectivity index (χ0) is 26.2. The van der Waals surface area contributed by atoms with Crippen LogP contribution in [0.4, 0.5) is 0 Å². The SMILES string of the molecule is CNC(=O)CCC(C=O)N1Cc2c(CC/C(N)=C/NCc3ccnc4c3C=CCC=C4)cccc2C1=O. The molecule has 0 saturated carbocycles. The van der Waals surface area contributed by atoms with Crippen LogP contribution >= 0.6 is 0 Å². The third-order valence-electron chi connectivity index (χ3n) is 6.80. The molecule has 2 aliphatic rings. The normalized spacial score (nSPS) is 15.1. The van der Waals surface area contributed by atoms with Gasteiger partial charge in [-0.25, -0.2) is 0 Å². The minimum Gasteiger partial charge on any atom is -0.401 e. The Bertz CT molecular complexity index is 1260. The Kier molecular flexibility index (Phi) is 8.51. The molecule has 4 N–H and O–H groups in total. The van der Waals surface area contributed by atoms with Crippen molar-refractivity contribution in [3.05, 3.63) is 88.0 Å². The Morgan fingerprint density at radius 3 is 2.84 bits per heavy atom. The maximum absolute atomic E-state index is 13.0. The van der Waals surface area contributed by atoms with Gasteiger partial charge in [-0.1, -0.05) is 30.4 Å². The molecule has 2 heterocycles. The summed E-state index contributed by atoms with van der Waals surface area (Å²) in [5.41, 5.74) is 12.8. The summed E-state index contributed by atoms with van der Waals surface area (Å²) in [5, 5.41) is 5.87. The van der Waals surface area contributed by atoms with Crippen LogP contribution in [0.3, 0.4) is 0 Å². The second-order valence-corrected chi connectivity index (χ2v) is 9.20. The van der Waals surface area contributed by atoms with Crippen molar-refractivity contribution in [3.63, 3.8) is 0 Å². The number of nitrogens with two attached hydrogens (primary N) is 1. The number of amides is 2. The van der Waals surface area contributed by atoms with E-state index in [0.29, 0.717) is 43.6 Å². The predicted molar refractivity (Wildman–Crippen MR) is 144 cm³/mol. The van der Waals surface area contributed by atoms with E-state index >= 15 is 0 Å². The highest BCUT2D eigenvalue weighted by Gasteiger charge is 2.33. The van der Waals surface area contributed by atoms with Gasteiger partial charge in [-0.05, 0) is 60.6 Å². The fourth-order valence-electron chi connectivity index (χ4n) is 4.72. The first-order valence-electron chi connectivity index (χ1n) is 12.6. The fourth-order valence-corrected chi connectivity index (χ4v) is 4.72. The smallest absolute Gasteiger partial charge is 0.255 e. The van der Waals surface area contributed by atoms with Crippen LogP contribution in [-0.2, 0) is 29.1 Å². The molecule has 1 unspecified atom stereocenters. The number of aryl methyl sites for hydroxylation is 1. The van der Waals surface area contributed by atoms with Gasteiger partial charge in [0.25, 0.3) is 5.91 Å². The summed E-state index contributed by atoms with van der Waals surface area (Å²) in [5.74, 6) is -0.323. The lowest BCUT2D eigenvalue weighted by atomic mass is 9.99. The monoisotopic (exact) mass is 499 g/mol. The number of carbonyl (C=O) groups excluding carboxylic acids is 3. The summed E-state index contributed by atoms with van der Waals surface area (Å²) < 4.78 is 0. The number of fused-ring (bicyclic) bond motifs is 2. The van der Waals surface area contributed by atoms with Crippen LogP contribution in [0.5, 0.6) is 0 Å². The van der Waals surface area contributed by atoms with Crippen LogP contribution in [0.2, 0.25) is 0 Å². The lowest BCUT2D eigenvalue weighted by molar-refractivity contribution is -0.121. The average Bonchev–Trinajstić information content (AvgIpc) is 3.08. The van der Waals surface area contributed by atoms with Crippen molar-refractivity contribution in [2.45, 2.75) is 51.2 Å². The van der Waals surface area contributed by atoms with Crippen LogP contribution in [-0.4, -0.2) is 41.1 Å². The van der Waals surface area contributed by atoms with Crippen molar-refractivity contribution in [2.24, 2.45) is 5.73 Å². The van der Waals surface area contributed by atoms with Crippen molar-refractivity contribution in [3.8, 4) is 0 Å². The van der Waals surface area contributed by atoms with Crippen LogP contribution in [0.25, 0.3) is 12.2 Å². The average molecular weight is 500 g/mol. The van der Waals surface area contributed by atoms with Gasteiger partial charge < -0.3 is 26.1 Å². The minimum atomic E-state index is -0.632. The second kappa shape index (κ2) is 12.2. The number of carbonyl (C=O) groups is 3. The van der Waals surface area contributed by atoms with Crippen LogP contribution < -0.4 is 16.4 Å². The van der Waals surface area contributed by atoms with Gasteiger partial charge in [0.2, 0.25) is 5.91 Å². The number of benzene rings is 1. The van der Waals surface area contributed by atoms with Crippen molar-refractivity contribution in [2.75, 3.05) is 7.05 Å². The predicted octanol–water partition coefficient (Wildman–Crippen LogP) is 3.08. The summed E-state index contributed by atoms with van der Waals surface area (Å²) >= 11 is 0. The van der Waals surface area contributed by atoms with Gasteiger partial charge in [0.1, 0.15) is 6.29 Å². The molecular formula is C29H33N5O3. The number of hydrogen-bond donors (Lipinski definition) is 3. The van der Waals surface area contributed by atoms with E-state index in [1.54, 1.807) is 18.0 Å². The lowest BCUT2D eigenvalue weighted by Gasteiger charge is -2.22. The maximum Gasteiger partial charge on any atom is 0.255 e. The van der Waals surface area contributed by atoms with E-state index in [2.05, 4.69) is 33.8 Å². The van der Waals surface area contributed by atoms with E-state index in [0.717, 1.165) is 40.7 Å². The summed E-state index contributed by atoms with van der Waals surface area (Å²) in [6.07, 6.45) is 15.5. The molecule has 1 aromatic carbocycles. The molecule has 2 amide bonds. The molecule has 0 saturated heterocycles. The van der Waals surface area contributed by atoms with Crippen molar-refractivity contribution in [1.82, 2.24) is 20.5 Å². The highest BCUT2D eigenvalue weighted by molar-refractivity contribution is 6.00. The van der Waals surface area contributed by atoms with E-state index in [-0.39, 0.29) is 18.2 Å². The molecule has 8 nitrogen and oxygen atoms in total. The Labute approximate surface area is 217 Å². The number of aromatic nitrogens is 1. The van der Waals surface area contributed by atoms with Crippen molar-refractivity contribution in [1.29, 1.82) is 0 Å². The van der Waals surface area contributed by atoms with Gasteiger partial charge in [-0.2, -0.15) is 0 Å². The number of nitrogens with one attached hydrogen (secondary N) is 2. The third kappa shape index (κ3) is 6.14. The second-order valence-electron chi connectivity index (χ2n) is 9.20. The Morgan fingerprint density at radius 1 is 1.19 bits per heavy atom. The first kappa shape index (κ1) is 25.9. The van der Waals surface area contributed by atoms with Crippen LogP contribution in [0, 0.1) is 0 Å². The largest absolute Gasteiger partial charge is 0.401 e. The number of nitrogens with zero attached hydrogens (tertiary/aromatic N) is 2. The highest BCUT2D eigenvalue weighted by atomic mass is 16.2. The molecule has 37 heavy (non-hydrogen) atoms. The zero-order valence-electron chi connectivity index (χ0n) is 21.1. The van der Waals surface area contributed by atoms with E-state index in [9.17, 15) is 14.4 Å². The summed E-state index contributed by atoms with van der Waals surface area (Å²) in [4.78, 5) is 42.4. The molecule has 2 aromatic rings. The Balaban J connectivity index is 1.36. The molecule has 1 aromatic heterocycles. The zero-order valence-corrected chi connectivity index (χ0v) is 21.1. The first-order valence-corrected chi connectivity index (χ1v) is 12.6. The molecule has 1 aliphatic heterocycles. The summed E-state index contributed by atoms with van der Waals surface area (Å²) in [6.45, 7) is 0.996. The number of rotatable bonds is 11.